The van der Waals surface area contributed by atoms with Crippen molar-refractivity contribution >= 4 is 0 Å². The van der Waals surface area contributed by atoms with E-state index in [-0.39, 0.29) is 12.1 Å². The van der Waals surface area contributed by atoms with Crippen molar-refractivity contribution in [2.24, 2.45) is 0 Å². The van der Waals surface area contributed by atoms with Gasteiger partial charge in [0.1, 0.15) is 11.9 Å². The van der Waals surface area contributed by atoms with Gasteiger partial charge >= 0.3 is 0 Å². The Morgan fingerprint density at radius 1 is 1.11 bits per heavy atom. The summed E-state index contributed by atoms with van der Waals surface area (Å²) < 4.78 is 13.7. The maximum atomic E-state index is 13.7. The van der Waals surface area contributed by atoms with Crippen LogP contribution < -0.4 is 5.48 Å². The van der Waals surface area contributed by atoms with E-state index < -0.39 is 5.82 Å². The van der Waals surface area contributed by atoms with Crippen LogP contribution in [0.15, 0.2) is 48.5 Å². The Morgan fingerprint density at radius 3 is 2.63 bits per heavy atom. The molecule has 0 aliphatic rings. The molecular formula is C15H13FN2O. The van der Waals surface area contributed by atoms with E-state index in [0.717, 1.165) is 5.56 Å². The molecule has 0 saturated heterocycles. The number of benzene rings is 2. The van der Waals surface area contributed by atoms with Crippen molar-refractivity contribution in [1.29, 1.82) is 5.26 Å². The SMILES string of the molecule is N#Cc1cccc(CNOCc2ccccc2)c1F. The van der Waals surface area contributed by atoms with Crippen LogP contribution in [0.25, 0.3) is 0 Å². The van der Waals surface area contributed by atoms with Crippen molar-refractivity contribution in [2.75, 3.05) is 0 Å². The fourth-order valence-corrected chi connectivity index (χ4v) is 1.64. The Hall–Kier alpha value is -2.22. The van der Waals surface area contributed by atoms with E-state index >= 15 is 0 Å². The summed E-state index contributed by atoms with van der Waals surface area (Å²) >= 11 is 0. The molecule has 0 fully saturated rings. The zero-order valence-electron chi connectivity index (χ0n) is 10.3. The Bertz CT molecular complexity index is 578. The van der Waals surface area contributed by atoms with Crippen LogP contribution in [0.2, 0.25) is 0 Å². The molecule has 0 aromatic heterocycles. The van der Waals surface area contributed by atoms with Gasteiger partial charge in [-0.05, 0) is 11.6 Å². The molecule has 0 amide bonds. The summed E-state index contributed by atoms with van der Waals surface area (Å²) in [4.78, 5) is 5.25. The molecule has 0 atom stereocenters. The lowest BCUT2D eigenvalue weighted by molar-refractivity contribution is 0.0229. The molecule has 96 valence electrons. The van der Waals surface area contributed by atoms with Crippen LogP contribution in [0.3, 0.4) is 0 Å². The van der Waals surface area contributed by atoms with Crippen molar-refractivity contribution in [2.45, 2.75) is 13.2 Å². The Morgan fingerprint density at radius 2 is 1.89 bits per heavy atom. The van der Waals surface area contributed by atoms with Crippen LogP contribution >= 0.6 is 0 Å². The van der Waals surface area contributed by atoms with Gasteiger partial charge in [0.2, 0.25) is 0 Å². The Labute approximate surface area is 111 Å². The Kier molecular flexibility index (Phi) is 4.62. The first-order valence-electron chi connectivity index (χ1n) is 5.87. The highest BCUT2D eigenvalue weighted by Crippen LogP contribution is 2.11. The van der Waals surface area contributed by atoms with Crippen LogP contribution in [0.4, 0.5) is 4.39 Å². The molecule has 0 heterocycles. The third-order valence-electron chi connectivity index (χ3n) is 2.65. The smallest absolute Gasteiger partial charge is 0.145 e. The Balaban J connectivity index is 1.85. The summed E-state index contributed by atoms with van der Waals surface area (Å²) in [7, 11) is 0. The minimum Gasteiger partial charge on any atom is -0.297 e. The second kappa shape index (κ2) is 6.64. The van der Waals surface area contributed by atoms with Gasteiger partial charge in [-0.15, -0.1) is 0 Å². The van der Waals surface area contributed by atoms with Crippen molar-refractivity contribution in [3.63, 3.8) is 0 Å². The largest absolute Gasteiger partial charge is 0.297 e. The van der Waals surface area contributed by atoms with Crippen molar-refractivity contribution in [3.05, 3.63) is 71.0 Å². The number of nitrogens with zero attached hydrogens (tertiary/aromatic N) is 1. The fraction of sp³-hybridized carbons (Fsp3) is 0.133. The highest BCUT2D eigenvalue weighted by Gasteiger charge is 2.06. The number of nitrogens with one attached hydrogen (secondary N) is 1. The van der Waals surface area contributed by atoms with Crippen LogP contribution in [0.5, 0.6) is 0 Å². The first kappa shape index (κ1) is 13.2. The van der Waals surface area contributed by atoms with E-state index in [1.165, 1.54) is 6.07 Å². The molecule has 1 N–H and O–H groups in total. The van der Waals surface area contributed by atoms with Gasteiger partial charge in [-0.1, -0.05) is 42.5 Å². The maximum absolute atomic E-state index is 13.7. The first-order chi connectivity index (χ1) is 9.31. The van der Waals surface area contributed by atoms with Gasteiger partial charge in [-0.2, -0.15) is 10.7 Å². The number of nitriles is 1. The predicted octanol–water partition coefficient (Wildman–Crippen LogP) is 2.92. The van der Waals surface area contributed by atoms with Gasteiger partial charge in [-0.25, -0.2) is 4.39 Å². The summed E-state index contributed by atoms with van der Waals surface area (Å²) in [6, 6.07) is 16.2. The third kappa shape index (κ3) is 3.62. The number of hydrogen-bond acceptors (Lipinski definition) is 3. The lowest BCUT2D eigenvalue weighted by atomic mass is 10.1. The second-order valence-electron chi connectivity index (χ2n) is 3.99. The number of rotatable bonds is 5. The molecule has 0 radical (unpaired) electrons. The van der Waals surface area contributed by atoms with Gasteiger partial charge < -0.3 is 0 Å². The minimum atomic E-state index is -0.499. The van der Waals surface area contributed by atoms with Crippen LogP contribution in [-0.2, 0) is 18.0 Å². The average molecular weight is 256 g/mol. The van der Waals surface area contributed by atoms with Gasteiger partial charge in [0.05, 0.1) is 12.2 Å². The summed E-state index contributed by atoms with van der Waals surface area (Å²) in [5.74, 6) is -0.499. The number of halogens is 1. The van der Waals surface area contributed by atoms with Gasteiger partial charge in [-0.3, -0.25) is 4.84 Å². The predicted molar refractivity (Wildman–Crippen MR) is 69.2 cm³/mol. The number of hydrogen-bond donors (Lipinski definition) is 1. The quantitative estimate of drug-likeness (QED) is 0.661. The fourth-order valence-electron chi connectivity index (χ4n) is 1.64. The molecule has 0 aliphatic carbocycles. The second-order valence-corrected chi connectivity index (χ2v) is 3.99. The molecule has 0 bridgehead atoms. The van der Waals surface area contributed by atoms with E-state index in [0.29, 0.717) is 12.2 Å². The monoisotopic (exact) mass is 256 g/mol. The van der Waals surface area contributed by atoms with Gasteiger partial charge in [0, 0.05) is 12.1 Å². The van der Waals surface area contributed by atoms with Crippen LogP contribution in [0, 0.1) is 17.1 Å². The van der Waals surface area contributed by atoms with E-state index in [4.69, 9.17) is 10.1 Å². The molecule has 0 unspecified atom stereocenters. The van der Waals surface area contributed by atoms with E-state index in [1.54, 1.807) is 12.1 Å². The molecule has 2 rings (SSSR count). The topological polar surface area (TPSA) is 45.0 Å². The van der Waals surface area contributed by atoms with Crippen molar-refractivity contribution in [1.82, 2.24) is 5.48 Å². The standard InChI is InChI=1S/C15H13FN2O/c16-15-13(9-17)7-4-8-14(15)10-18-19-11-12-5-2-1-3-6-12/h1-8,18H,10-11H2. The maximum Gasteiger partial charge on any atom is 0.145 e. The lowest BCUT2D eigenvalue weighted by Crippen LogP contribution is -2.15. The molecule has 19 heavy (non-hydrogen) atoms. The molecule has 3 nitrogen and oxygen atoms in total. The highest BCUT2D eigenvalue weighted by molar-refractivity contribution is 5.34. The van der Waals surface area contributed by atoms with E-state index in [9.17, 15) is 4.39 Å². The van der Waals surface area contributed by atoms with Crippen LogP contribution in [-0.4, -0.2) is 0 Å². The first-order valence-corrected chi connectivity index (χ1v) is 5.87. The molecule has 4 heteroatoms. The molecule has 0 spiro atoms. The zero-order valence-corrected chi connectivity index (χ0v) is 10.3. The highest BCUT2D eigenvalue weighted by atomic mass is 19.1. The minimum absolute atomic E-state index is 0.0439. The summed E-state index contributed by atoms with van der Waals surface area (Å²) in [6.45, 7) is 0.620. The van der Waals surface area contributed by atoms with Gasteiger partial charge in [0.25, 0.3) is 0 Å². The molecular weight excluding hydrogens is 243 g/mol. The van der Waals surface area contributed by atoms with Crippen molar-refractivity contribution in [3.8, 4) is 6.07 Å². The molecule has 2 aromatic rings. The number of hydroxylamine groups is 1. The van der Waals surface area contributed by atoms with E-state index in [2.05, 4.69) is 5.48 Å². The molecule has 0 aliphatic heterocycles. The van der Waals surface area contributed by atoms with Crippen LogP contribution in [0.1, 0.15) is 16.7 Å². The summed E-state index contributed by atoms with van der Waals surface area (Å²) in [5, 5.41) is 8.72. The molecule has 2 aromatic carbocycles. The van der Waals surface area contributed by atoms with Crippen molar-refractivity contribution < 1.29 is 9.23 Å². The molecule has 0 saturated carbocycles. The van der Waals surface area contributed by atoms with Gasteiger partial charge in [0.15, 0.2) is 0 Å². The normalized spacial score (nSPS) is 10.1. The third-order valence-corrected chi connectivity index (χ3v) is 2.65. The lowest BCUT2D eigenvalue weighted by Gasteiger charge is -2.07. The average Bonchev–Trinajstić information content (AvgIpc) is 2.46. The zero-order chi connectivity index (χ0) is 13.5. The van der Waals surface area contributed by atoms with E-state index in [1.807, 2.05) is 36.4 Å². The summed E-state index contributed by atoms with van der Waals surface area (Å²) in [6.07, 6.45) is 0. The summed E-state index contributed by atoms with van der Waals surface area (Å²) in [5.41, 5.74) is 4.18.